The van der Waals surface area contributed by atoms with Crippen molar-refractivity contribution >= 4 is 11.6 Å². The number of benzene rings is 1. The summed E-state index contributed by atoms with van der Waals surface area (Å²) in [4.78, 5) is 15.1. The minimum Gasteiger partial charge on any atom is -0.470 e. The van der Waals surface area contributed by atoms with Gasteiger partial charge in [0.2, 0.25) is 0 Å². The molecule has 150 valence electrons. The minimum atomic E-state index is 0.250. The second-order valence-corrected chi connectivity index (χ2v) is 6.91. The summed E-state index contributed by atoms with van der Waals surface area (Å²) in [5.41, 5.74) is 15.4. The summed E-state index contributed by atoms with van der Waals surface area (Å²) in [7, 11) is 0. The Morgan fingerprint density at radius 1 is 1.00 bits per heavy atom. The summed E-state index contributed by atoms with van der Waals surface area (Å²) < 4.78 is 11.2. The number of nitrogens with zero attached hydrogens (tertiary/aromatic N) is 4. The van der Waals surface area contributed by atoms with Gasteiger partial charge < -0.3 is 20.9 Å². The molecule has 0 spiro atoms. The molecule has 1 fully saturated rings. The lowest BCUT2D eigenvalue weighted by atomic mass is 10.1. The maximum absolute atomic E-state index is 5.94. The highest BCUT2D eigenvalue weighted by molar-refractivity contribution is 5.61. The monoisotopic (exact) mass is 392 g/mol. The fourth-order valence-electron chi connectivity index (χ4n) is 3.16. The van der Waals surface area contributed by atoms with Gasteiger partial charge in [0.1, 0.15) is 12.4 Å². The van der Waals surface area contributed by atoms with Crippen LogP contribution in [-0.4, -0.2) is 46.2 Å². The molecule has 0 saturated carbocycles. The summed E-state index contributed by atoms with van der Waals surface area (Å²) in [5.74, 6) is 0.992. The van der Waals surface area contributed by atoms with Crippen LogP contribution in [0.3, 0.4) is 0 Å². The first-order chi connectivity index (χ1) is 14.2. The van der Waals surface area contributed by atoms with E-state index >= 15 is 0 Å². The zero-order valence-electron chi connectivity index (χ0n) is 16.1. The lowest BCUT2D eigenvalue weighted by Crippen LogP contribution is -2.35. The molecule has 1 saturated heterocycles. The Bertz CT molecular complexity index is 958. The minimum absolute atomic E-state index is 0.250. The SMILES string of the molecule is Nc1cc(COc2nc(-c3ccc(CN4CCOCC4)cc3)cnc2N)ccn1. The summed E-state index contributed by atoms with van der Waals surface area (Å²) in [6, 6.07) is 11.9. The fourth-order valence-corrected chi connectivity index (χ4v) is 3.16. The van der Waals surface area contributed by atoms with Crippen LogP contribution in [0.25, 0.3) is 11.3 Å². The maximum Gasteiger partial charge on any atom is 0.258 e. The average molecular weight is 392 g/mol. The molecular weight excluding hydrogens is 368 g/mol. The molecule has 0 aliphatic carbocycles. The molecule has 0 atom stereocenters. The molecule has 29 heavy (non-hydrogen) atoms. The van der Waals surface area contributed by atoms with Crippen LogP contribution in [0.2, 0.25) is 0 Å². The number of pyridine rings is 1. The van der Waals surface area contributed by atoms with E-state index < -0.39 is 0 Å². The second kappa shape index (κ2) is 8.85. The first kappa shape index (κ1) is 19.1. The van der Waals surface area contributed by atoms with Crippen molar-refractivity contribution in [1.29, 1.82) is 0 Å². The Balaban J connectivity index is 1.44. The molecule has 2 aromatic heterocycles. The van der Waals surface area contributed by atoms with Crippen molar-refractivity contribution in [2.45, 2.75) is 13.2 Å². The van der Waals surface area contributed by atoms with Gasteiger partial charge in [-0.25, -0.2) is 15.0 Å². The maximum atomic E-state index is 5.94. The van der Waals surface area contributed by atoms with Crippen molar-refractivity contribution in [2.24, 2.45) is 0 Å². The van der Waals surface area contributed by atoms with Crippen molar-refractivity contribution in [3.05, 3.63) is 59.9 Å². The lowest BCUT2D eigenvalue weighted by molar-refractivity contribution is 0.0342. The van der Waals surface area contributed by atoms with Crippen LogP contribution in [0.1, 0.15) is 11.1 Å². The highest BCUT2D eigenvalue weighted by Crippen LogP contribution is 2.24. The largest absolute Gasteiger partial charge is 0.470 e. The molecule has 0 unspecified atom stereocenters. The van der Waals surface area contributed by atoms with E-state index in [0.29, 0.717) is 17.4 Å². The van der Waals surface area contributed by atoms with E-state index in [0.717, 1.165) is 44.0 Å². The van der Waals surface area contributed by atoms with Crippen LogP contribution in [0, 0.1) is 0 Å². The number of aromatic nitrogens is 3. The highest BCUT2D eigenvalue weighted by atomic mass is 16.5. The van der Waals surface area contributed by atoms with E-state index in [-0.39, 0.29) is 12.4 Å². The topological polar surface area (TPSA) is 112 Å². The van der Waals surface area contributed by atoms with Gasteiger partial charge >= 0.3 is 0 Å². The molecule has 4 N–H and O–H groups in total. The third-order valence-electron chi connectivity index (χ3n) is 4.75. The van der Waals surface area contributed by atoms with E-state index in [1.54, 1.807) is 18.5 Å². The third kappa shape index (κ3) is 4.98. The molecular formula is C21H24N6O2. The van der Waals surface area contributed by atoms with Gasteiger partial charge in [-0.3, -0.25) is 4.90 Å². The zero-order valence-corrected chi connectivity index (χ0v) is 16.1. The van der Waals surface area contributed by atoms with Crippen molar-refractivity contribution in [3.8, 4) is 17.1 Å². The Kier molecular flexibility index (Phi) is 5.83. The predicted molar refractivity (Wildman–Crippen MR) is 111 cm³/mol. The summed E-state index contributed by atoms with van der Waals surface area (Å²) >= 11 is 0. The van der Waals surface area contributed by atoms with E-state index in [1.807, 2.05) is 18.2 Å². The van der Waals surface area contributed by atoms with Gasteiger partial charge in [-0.15, -0.1) is 0 Å². The number of nitrogens with two attached hydrogens (primary N) is 2. The molecule has 8 nitrogen and oxygen atoms in total. The molecule has 1 aromatic carbocycles. The third-order valence-corrected chi connectivity index (χ3v) is 4.75. The number of morpholine rings is 1. The number of hydrogen-bond acceptors (Lipinski definition) is 8. The van der Waals surface area contributed by atoms with Crippen molar-refractivity contribution < 1.29 is 9.47 Å². The van der Waals surface area contributed by atoms with Crippen molar-refractivity contribution in [2.75, 3.05) is 37.8 Å². The quantitative estimate of drug-likeness (QED) is 0.656. The average Bonchev–Trinajstić information content (AvgIpc) is 2.75. The van der Waals surface area contributed by atoms with Gasteiger partial charge in [0, 0.05) is 31.4 Å². The van der Waals surface area contributed by atoms with E-state index in [4.69, 9.17) is 20.9 Å². The Morgan fingerprint density at radius 2 is 1.79 bits per heavy atom. The van der Waals surface area contributed by atoms with Crippen LogP contribution >= 0.6 is 0 Å². The number of hydrogen-bond donors (Lipinski definition) is 2. The lowest BCUT2D eigenvalue weighted by Gasteiger charge is -2.26. The van der Waals surface area contributed by atoms with E-state index in [2.05, 4.69) is 32.0 Å². The second-order valence-electron chi connectivity index (χ2n) is 6.91. The van der Waals surface area contributed by atoms with Crippen molar-refractivity contribution in [3.63, 3.8) is 0 Å². The molecule has 8 heteroatoms. The molecule has 0 radical (unpaired) electrons. The van der Waals surface area contributed by atoms with Crippen molar-refractivity contribution in [1.82, 2.24) is 19.9 Å². The molecule has 1 aliphatic heterocycles. The Morgan fingerprint density at radius 3 is 2.55 bits per heavy atom. The number of ether oxygens (including phenoxy) is 2. The molecule has 4 rings (SSSR count). The predicted octanol–water partition coefficient (Wildman–Crippen LogP) is 2.11. The Labute approximate surface area is 169 Å². The molecule has 1 aliphatic rings. The van der Waals surface area contributed by atoms with Gasteiger partial charge in [-0.1, -0.05) is 24.3 Å². The number of anilines is 2. The highest BCUT2D eigenvalue weighted by Gasteiger charge is 2.12. The van der Waals surface area contributed by atoms with Crippen LogP contribution in [-0.2, 0) is 17.9 Å². The summed E-state index contributed by atoms with van der Waals surface area (Å²) in [6.45, 7) is 4.74. The number of nitrogen functional groups attached to an aromatic ring is 2. The number of rotatable bonds is 6. The van der Waals surface area contributed by atoms with Crippen LogP contribution < -0.4 is 16.2 Å². The van der Waals surface area contributed by atoms with E-state index in [9.17, 15) is 0 Å². The van der Waals surface area contributed by atoms with Gasteiger partial charge in [-0.05, 0) is 23.3 Å². The molecule has 0 bridgehead atoms. The standard InChI is InChI=1S/C21H24N6O2/c22-19-11-16(5-6-24-19)14-29-21-20(23)25-12-18(26-21)17-3-1-15(2-4-17)13-27-7-9-28-10-8-27/h1-6,11-12H,7-10,13-14H2,(H2,22,24)(H2,23,25). The van der Waals surface area contributed by atoms with Gasteiger partial charge in [0.15, 0.2) is 5.82 Å². The smallest absolute Gasteiger partial charge is 0.258 e. The zero-order chi connectivity index (χ0) is 20.1. The van der Waals surface area contributed by atoms with Gasteiger partial charge in [-0.2, -0.15) is 0 Å². The first-order valence-corrected chi connectivity index (χ1v) is 9.52. The van der Waals surface area contributed by atoms with Gasteiger partial charge in [0.05, 0.1) is 25.1 Å². The summed E-state index contributed by atoms with van der Waals surface area (Å²) in [5, 5.41) is 0. The van der Waals surface area contributed by atoms with Gasteiger partial charge in [0.25, 0.3) is 5.88 Å². The molecule has 0 amide bonds. The summed E-state index contributed by atoms with van der Waals surface area (Å²) in [6.07, 6.45) is 3.29. The molecule has 3 aromatic rings. The van der Waals surface area contributed by atoms with E-state index in [1.165, 1.54) is 5.56 Å². The molecule has 3 heterocycles. The fraction of sp³-hybridized carbons (Fsp3) is 0.286. The first-order valence-electron chi connectivity index (χ1n) is 9.52. The van der Waals surface area contributed by atoms with Crippen LogP contribution in [0.4, 0.5) is 11.6 Å². The van der Waals surface area contributed by atoms with Crippen LogP contribution in [0.15, 0.2) is 48.8 Å². The normalized spacial score (nSPS) is 14.6. The van der Waals surface area contributed by atoms with Crippen LogP contribution in [0.5, 0.6) is 5.88 Å². The Hall–Kier alpha value is -3.23.